The molecule has 0 bridgehead atoms. The molecule has 0 aliphatic rings. The number of hydrogen-bond donors (Lipinski definition) is 0. The number of hydrogen-bond acceptors (Lipinski definition) is 3. The smallest absolute Gasteiger partial charge is 0.102 e. The van der Waals surface area contributed by atoms with Crippen molar-refractivity contribution in [3.8, 4) is 0 Å². The van der Waals surface area contributed by atoms with E-state index in [2.05, 4.69) is 25.9 Å². The van der Waals surface area contributed by atoms with Crippen LogP contribution in [0.5, 0.6) is 0 Å². The molecule has 2 nitrogen and oxygen atoms in total. The molecule has 0 aliphatic carbocycles. The standard InChI is InChI=1S/C10H6BrClN2S/c11-7-1-3-9(13-5-7)15-10-4-2-8(12)6-14-10/h1-6H. The third-order valence-electron chi connectivity index (χ3n) is 1.61. The first-order chi connectivity index (χ1) is 7.24. The second-order valence-electron chi connectivity index (χ2n) is 2.73. The summed E-state index contributed by atoms with van der Waals surface area (Å²) in [7, 11) is 0. The Kier molecular flexibility index (Phi) is 3.61. The van der Waals surface area contributed by atoms with Crippen molar-refractivity contribution in [1.29, 1.82) is 0 Å². The lowest BCUT2D eigenvalue weighted by molar-refractivity contribution is 1.09. The van der Waals surface area contributed by atoms with Crippen LogP contribution in [0.2, 0.25) is 5.02 Å². The van der Waals surface area contributed by atoms with Gasteiger partial charge in [-0.3, -0.25) is 0 Å². The van der Waals surface area contributed by atoms with E-state index in [4.69, 9.17) is 11.6 Å². The monoisotopic (exact) mass is 300 g/mol. The van der Waals surface area contributed by atoms with Gasteiger partial charge in [0.25, 0.3) is 0 Å². The molecule has 0 radical (unpaired) electrons. The van der Waals surface area contributed by atoms with Gasteiger partial charge in [-0.25, -0.2) is 9.97 Å². The number of rotatable bonds is 2. The molecule has 0 saturated carbocycles. The zero-order valence-electron chi connectivity index (χ0n) is 7.52. The van der Waals surface area contributed by atoms with Crippen LogP contribution in [0.15, 0.2) is 51.2 Å². The Hall–Kier alpha value is -0.580. The summed E-state index contributed by atoms with van der Waals surface area (Å²) in [6.45, 7) is 0. The molecule has 76 valence electrons. The lowest BCUT2D eigenvalue weighted by atomic mass is 10.5. The maximum Gasteiger partial charge on any atom is 0.102 e. The fourth-order valence-electron chi connectivity index (χ4n) is 0.952. The van der Waals surface area contributed by atoms with Crippen LogP contribution in [0.3, 0.4) is 0 Å². The molecule has 5 heteroatoms. The lowest BCUT2D eigenvalue weighted by Crippen LogP contribution is -1.81. The molecular formula is C10H6BrClN2S. The van der Waals surface area contributed by atoms with Crippen LogP contribution in [-0.2, 0) is 0 Å². The van der Waals surface area contributed by atoms with Crippen molar-refractivity contribution in [2.24, 2.45) is 0 Å². The molecule has 0 saturated heterocycles. The Morgan fingerprint density at radius 3 is 2.20 bits per heavy atom. The minimum Gasteiger partial charge on any atom is -0.248 e. The van der Waals surface area contributed by atoms with Gasteiger partial charge in [0.1, 0.15) is 10.1 Å². The van der Waals surface area contributed by atoms with E-state index in [1.165, 1.54) is 11.8 Å². The SMILES string of the molecule is Clc1ccc(Sc2ccc(Br)cn2)nc1. The van der Waals surface area contributed by atoms with Crippen molar-refractivity contribution in [1.82, 2.24) is 9.97 Å². The third-order valence-corrected chi connectivity index (χ3v) is 3.20. The Morgan fingerprint density at radius 2 is 1.67 bits per heavy atom. The van der Waals surface area contributed by atoms with Gasteiger partial charge in [0.05, 0.1) is 5.02 Å². The average molecular weight is 302 g/mol. The summed E-state index contributed by atoms with van der Waals surface area (Å²) in [6.07, 6.45) is 3.39. The van der Waals surface area contributed by atoms with Gasteiger partial charge in [0.2, 0.25) is 0 Å². The highest BCUT2D eigenvalue weighted by atomic mass is 79.9. The summed E-state index contributed by atoms with van der Waals surface area (Å²) in [4.78, 5) is 8.41. The van der Waals surface area contributed by atoms with E-state index in [0.717, 1.165) is 14.5 Å². The average Bonchev–Trinajstić information content (AvgIpc) is 2.25. The molecule has 0 fully saturated rings. The predicted molar refractivity (Wildman–Crippen MR) is 65.3 cm³/mol. The fourth-order valence-corrected chi connectivity index (χ4v) is 2.00. The minimum absolute atomic E-state index is 0.642. The molecule has 0 spiro atoms. The Labute approximate surface area is 105 Å². The van der Waals surface area contributed by atoms with E-state index in [-0.39, 0.29) is 0 Å². The molecule has 0 unspecified atom stereocenters. The summed E-state index contributed by atoms with van der Waals surface area (Å²) in [5.41, 5.74) is 0. The highest BCUT2D eigenvalue weighted by Crippen LogP contribution is 2.25. The molecule has 2 aromatic heterocycles. The highest BCUT2D eigenvalue weighted by Gasteiger charge is 1.99. The molecule has 2 aromatic rings. The van der Waals surface area contributed by atoms with Gasteiger partial charge >= 0.3 is 0 Å². The topological polar surface area (TPSA) is 25.8 Å². The summed E-state index contributed by atoms with van der Waals surface area (Å²) in [5.74, 6) is 0. The van der Waals surface area contributed by atoms with E-state index in [0.29, 0.717) is 5.02 Å². The van der Waals surface area contributed by atoms with Gasteiger partial charge in [-0.1, -0.05) is 23.4 Å². The summed E-state index contributed by atoms with van der Waals surface area (Å²) >= 11 is 10.6. The minimum atomic E-state index is 0.642. The first kappa shape index (κ1) is 10.9. The molecule has 0 atom stereocenters. The van der Waals surface area contributed by atoms with Gasteiger partial charge in [0.15, 0.2) is 0 Å². The zero-order chi connectivity index (χ0) is 10.7. The van der Waals surface area contributed by atoms with Crippen LogP contribution in [0, 0.1) is 0 Å². The first-order valence-electron chi connectivity index (χ1n) is 4.15. The van der Waals surface area contributed by atoms with Gasteiger partial charge in [0, 0.05) is 16.9 Å². The van der Waals surface area contributed by atoms with E-state index in [1.54, 1.807) is 12.4 Å². The Bertz CT molecular complexity index is 400. The molecule has 15 heavy (non-hydrogen) atoms. The van der Waals surface area contributed by atoms with Crippen LogP contribution >= 0.6 is 39.3 Å². The summed E-state index contributed by atoms with van der Waals surface area (Å²) < 4.78 is 0.968. The van der Waals surface area contributed by atoms with Crippen LogP contribution in [-0.4, -0.2) is 9.97 Å². The number of halogens is 2. The number of aromatic nitrogens is 2. The summed E-state index contributed by atoms with van der Waals surface area (Å²) in [5, 5.41) is 2.44. The van der Waals surface area contributed by atoms with Crippen molar-refractivity contribution in [3.05, 3.63) is 46.2 Å². The van der Waals surface area contributed by atoms with Gasteiger partial charge in [-0.15, -0.1) is 0 Å². The molecule has 0 aliphatic heterocycles. The largest absolute Gasteiger partial charge is 0.248 e. The van der Waals surface area contributed by atoms with E-state index in [9.17, 15) is 0 Å². The van der Waals surface area contributed by atoms with Crippen molar-refractivity contribution >= 4 is 39.3 Å². The number of nitrogens with zero attached hydrogens (tertiary/aromatic N) is 2. The predicted octanol–water partition coefficient (Wildman–Crippen LogP) is 4.04. The van der Waals surface area contributed by atoms with Crippen LogP contribution in [0.1, 0.15) is 0 Å². The van der Waals surface area contributed by atoms with E-state index >= 15 is 0 Å². The van der Waals surface area contributed by atoms with Crippen molar-refractivity contribution in [2.75, 3.05) is 0 Å². The Balaban J connectivity index is 2.15. The second kappa shape index (κ2) is 4.96. The molecule has 0 aromatic carbocycles. The fraction of sp³-hybridized carbons (Fsp3) is 0. The normalized spacial score (nSPS) is 10.3. The van der Waals surface area contributed by atoms with Crippen LogP contribution < -0.4 is 0 Å². The van der Waals surface area contributed by atoms with Crippen molar-refractivity contribution < 1.29 is 0 Å². The van der Waals surface area contributed by atoms with Gasteiger partial charge in [-0.2, -0.15) is 0 Å². The zero-order valence-corrected chi connectivity index (χ0v) is 10.7. The molecule has 2 heterocycles. The van der Waals surface area contributed by atoms with Gasteiger partial charge < -0.3 is 0 Å². The van der Waals surface area contributed by atoms with E-state index < -0.39 is 0 Å². The van der Waals surface area contributed by atoms with Crippen molar-refractivity contribution in [3.63, 3.8) is 0 Å². The first-order valence-corrected chi connectivity index (χ1v) is 6.14. The van der Waals surface area contributed by atoms with Crippen LogP contribution in [0.25, 0.3) is 0 Å². The van der Waals surface area contributed by atoms with Gasteiger partial charge in [-0.05, 0) is 40.2 Å². The van der Waals surface area contributed by atoms with E-state index in [1.807, 2.05) is 24.3 Å². The molecule has 0 amide bonds. The van der Waals surface area contributed by atoms with Crippen LogP contribution in [0.4, 0.5) is 0 Å². The maximum atomic E-state index is 5.74. The quantitative estimate of drug-likeness (QED) is 0.837. The Morgan fingerprint density at radius 1 is 1.00 bits per heavy atom. The second-order valence-corrected chi connectivity index (χ2v) is 5.12. The number of pyridine rings is 2. The molecular weight excluding hydrogens is 296 g/mol. The molecule has 2 rings (SSSR count). The maximum absolute atomic E-state index is 5.74. The molecule has 0 N–H and O–H groups in total. The third kappa shape index (κ3) is 3.19. The lowest BCUT2D eigenvalue weighted by Gasteiger charge is -1.99. The summed E-state index contributed by atoms with van der Waals surface area (Å²) in [6, 6.07) is 7.57. The highest BCUT2D eigenvalue weighted by molar-refractivity contribution is 9.10. The van der Waals surface area contributed by atoms with Crippen molar-refractivity contribution in [2.45, 2.75) is 10.1 Å².